The van der Waals surface area contributed by atoms with Gasteiger partial charge in [0.05, 0.1) is 15.5 Å². The van der Waals surface area contributed by atoms with Crippen LogP contribution in [0.3, 0.4) is 0 Å². The number of ether oxygens (including phenoxy) is 1. The summed E-state index contributed by atoms with van der Waals surface area (Å²) in [6.45, 7) is 1.86. The van der Waals surface area contributed by atoms with Crippen LogP contribution >= 0.6 is 15.9 Å². The SMILES string of the molecule is CC#N.O=[N+]([O-])c1ccc(OCc2ccccc2)c(Br)c1. The van der Waals surface area contributed by atoms with Gasteiger partial charge in [-0.05, 0) is 27.6 Å². The molecule has 0 saturated carbocycles. The number of hydrogen-bond acceptors (Lipinski definition) is 4. The zero-order valence-electron chi connectivity index (χ0n) is 11.3. The van der Waals surface area contributed by atoms with Gasteiger partial charge in [0.25, 0.3) is 5.69 Å². The Morgan fingerprint density at radius 3 is 2.43 bits per heavy atom. The van der Waals surface area contributed by atoms with Gasteiger partial charge in [0.2, 0.25) is 0 Å². The van der Waals surface area contributed by atoms with Crippen molar-refractivity contribution in [2.75, 3.05) is 0 Å². The molecule has 0 aliphatic carbocycles. The van der Waals surface area contributed by atoms with Crippen molar-refractivity contribution in [2.24, 2.45) is 0 Å². The summed E-state index contributed by atoms with van der Waals surface area (Å²) in [7, 11) is 0. The normalized spacial score (nSPS) is 9.00. The first-order valence-corrected chi connectivity index (χ1v) is 6.79. The molecule has 108 valence electrons. The lowest BCUT2D eigenvalue weighted by molar-refractivity contribution is -0.385. The molecule has 2 aromatic rings. The molecule has 0 radical (unpaired) electrons. The summed E-state index contributed by atoms with van der Waals surface area (Å²) < 4.78 is 6.16. The fourth-order valence-corrected chi connectivity index (χ4v) is 1.94. The maximum atomic E-state index is 10.6. The highest BCUT2D eigenvalue weighted by Gasteiger charge is 2.09. The highest BCUT2D eigenvalue weighted by molar-refractivity contribution is 9.10. The number of non-ortho nitro benzene ring substituents is 1. The van der Waals surface area contributed by atoms with E-state index in [0.717, 1.165) is 5.56 Å². The third kappa shape index (κ3) is 5.63. The Bertz CT molecular complexity index is 639. The molecule has 21 heavy (non-hydrogen) atoms. The number of nitrogens with zero attached hydrogens (tertiary/aromatic N) is 2. The van der Waals surface area contributed by atoms with E-state index in [4.69, 9.17) is 10.00 Å². The second-order valence-electron chi connectivity index (χ2n) is 3.87. The fourth-order valence-electron chi connectivity index (χ4n) is 1.46. The van der Waals surface area contributed by atoms with Crippen molar-refractivity contribution in [1.82, 2.24) is 0 Å². The Hall–Kier alpha value is -2.39. The van der Waals surface area contributed by atoms with Crippen molar-refractivity contribution in [3.63, 3.8) is 0 Å². The second-order valence-corrected chi connectivity index (χ2v) is 4.72. The summed E-state index contributed by atoms with van der Waals surface area (Å²) >= 11 is 3.26. The van der Waals surface area contributed by atoms with E-state index in [1.807, 2.05) is 30.3 Å². The van der Waals surface area contributed by atoms with Gasteiger partial charge < -0.3 is 4.74 Å². The highest BCUT2D eigenvalue weighted by Crippen LogP contribution is 2.29. The number of nitro benzene ring substituents is 1. The van der Waals surface area contributed by atoms with Crippen molar-refractivity contribution in [3.8, 4) is 11.8 Å². The minimum Gasteiger partial charge on any atom is -0.488 e. The van der Waals surface area contributed by atoms with Crippen LogP contribution in [-0.4, -0.2) is 4.92 Å². The van der Waals surface area contributed by atoms with Crippen LogP contribution in [0.1, 0.15) is 12.5 Å². The molecule has 5 nitrogen and oxygen atoms in total. The monoisotopic (exact) mass is 348 g/mol. The number of rotatable bonds is 4. The molecule has 0 aromatic heterocycles. The Morgan fingerprint density at radius 1 is 1.29 bits per heavy atom. The van der Waals surface area contributed by atoms with Gasteiger partial charge in [-0.25, -0.2) is 0 Å². The van der Waals surface area contributed by atoms with Gasteiger partial charge in [-0.2, -0.15) is 5.26 Å². The molecule has 6 heteroatoms. The average Bonchev–Trinajstić information content (AvgIpc) is 2.47. The van der Waals surface area contributed by atoms with Crippen LogP contribution < -0.4 is 4.74 Å². The van der Waals surface area contributed by atoms with Crippen molar-refractivity contribution in [3.05, 3.63) is 68.7 Å². The third-order valence-electron chi connectivity index (χ3n) is 2.36. The molecule has 2 rings (SSSR count). The minimum atomic E-state index is -0.439. The Labute approximate surface area is 131 Å². The fraction of sp³-hybridized carbons (Fsp3) is 0.133. The maximum Gasteiger partial charge on any atom is 0.270 e. The molecule has 0 saturated heterocycles. The summed E-state index contributed by atoms with van der Waals surface area (Å²) in [5.41, 5.74) is 1.08. The average molecular weight is 349 g/mol. The van der Waals surface area contributed by atoms with Gasteiger partial charge in [0, 0.05) is 19.1 Å². The molecular formula is C15H13BrN2O3. The van der Waals surface area contributed by atoms with E-state index < -0.39 is 4.92 Å². The third-order valence-corrected chi connectivity index (χ3v) is 2.98. The molecule has 0 unspecified atom stereocenters. The van der Waals surface area contributed by atoms with Crippen LogP contribution in [0.25, 0.3) is 0 Å². The molecule has 0 aliphatic heterocycles. The van der Waals surface area contributed by atoms with Gasteiger partial charge in [0.15, 0.2) is 0 Å². The molecule has 0 amide bonds. The first-order chi connectivity index (χ1) is 10.1. The second kappa shape index (κ2) is 8.72. The molecule has 0 fully saturated rings. The van der Waals surface area contributed by atoms with Gasteiger partial charge >= 0.3 is 0 Å². The van der Waals surface area contributed by atoms with Crippen LogP contribution in [0.5, 0.6) is 5.75 Å². The lowest BCUT2D eigenvalue weighted by Crippen LogP contribution is -1.96. The van der Waals surface area contributed by atoms with Gasteiger partial charge in [0.1, 0.15) is 12.4 Å². The molecular weight excluding hydrogens is 336 g/mol. The van der Waals surface area contributed by atoms with Crippen LogP contribution in [0.2, 0.25) is 0 Å². The zero-order valence-corrected chi connectivity index (χ0v) is 12.9. The van der Waals surface area contributed by atoms with Gasteiger partial charge in [-0.3, -0.25) is 10.1 Å². The zero-order chi connectivity index (χ0) is 15.7. The molecule has 0 bridgehead atoms. The number of hydrogen-bond donors (Lipinski definition) is 0. The van der Waals surface area contributed by atoms with E-state index in [1.54, 1.807) is 12.1 Å². The highest BCUT2D eigenvalue weighted by atomic mass is 79.9. The van der Waals surface area contributed by atoms with Gasteiger partial charge in [-0.15, -0.1) is 0 Å². The van der Waals surface area contributed by atoms with Crippen LogP contribution in [0, 0.1) is 21.4 Å². The Balaban J connectivity index is 0.000000677. The van der Waals surface area contributed by atoms with Crippen LogP contribution in [-0.2, 0) is 6.61 Å². The Kier molecular flexibility index (Phi) is 6.92. The van der Waals surface area contributed by atoms with E-state index in [0.29, 0.717) is 16.8 Å². The number of nitriles is 1. The van der Waals surface area contributed by atoms with Crippen LogP contribution in [0.15, 0.2) is 53.0 Å². The van der Waals surface area contributed by atoms with Crippen molar-refractivity contribution >= 4 is 21.6 Å². The summed E-state index contributed by atoms with van der Waals surface area (Å²) in [5.74, 6) is 0.587. The molecule has 0 spiro atoms. The maximum absolute atomic E-state index is 10.6. The molecule has 0 N–H and O–H groups in total. The smallest absolute Gasteiger partial charge is 0.270 e. The Morgan fingerprint density at radius 2 is 1.90 bits per heavy atom. The van der Waals surface area contributed by atoms with Crippen molar-refractivity contribution in [2.45, 2.75) is 13.5 Å². The minimum absolute atomic E-state index is 0.0361. The first kappa shape index (κ1) is 16.7. The largest absolute Gasteiger partial charge is 0.488 e. The van der Waals surface area contributed by atoms with Crippen molar-refractivity contribution < 1.29 is 9.66 Å². The topological polar surface area (TPSA) is 76.2 Å². The lowest BCUT2D eigenvalue weighted by atomic mass is 10.2. The van der Waals surface area contributed by atoms with Crippen LogP contribution in [0.4, 0.5) is 5.69 Å². The van der Waals surface area contributed by atoms with E-state index in [-0.39, 0.29) is 5.69 Å². The molecule has 2 aromatic carbocycles. The van der Waals surface area contributed by atoms with E-state index in [9.17, 15) is 10.1 Å². The van der Waals surface area contributed by atoms with Crippen molar-refractivity contribution in [1.29, 1.82) is 5.26 Å². The summed E-state index contributed by atoms with van der Waals surface area (Å²) in [4.78, 5) is 10.1. The van der Waals surface area contributed by atoms with E-state index in [2.05, 4.69) is 15.9 Å². The molecule has 0 atom stereocenters. The number of halogens is 1. The molecule has 0 heterocycles. The number of benzene rings is 2. The van der Waals surface area contributed by atoms with E-state index in [1.165, 1.54) is 19.1 Å². The predicted octanol–water partition coefficient (Wildman–Crippen LogP) is 4.47. The quantitative estimate of drug-likeness (QED) is 0.603. The summed E-state index contributed by atoms with van der Waals surface area (Å²) in [5, 5.41) is 17.9. The summed E-state index contributed by atoms with van der Waals surface area (Å²) in [6, 6.07) is 15.9. The predicted molar refractivity (Wildman–Crippen MR) is 82.9 cm³/mol. The summed E-state index contributed by atoms with van der Waals surface area (Å²) in [6.07, 6.45) is 0. The molecule has 0 aliphatic rings. The lowest BCUT2D eigenvalue weighted by Gasteiger charge is -2.07. The van der Waals surface area contributed by atoms with Gasteiger partial charge in [-0.1, -0.05) is 30.3 Å². The number of nitro groups is 1. The van der Waals surface area contributed by atoms with E-state index >= 15 is 0 Å². The standard InChI is InChI=1S/C13H10BrNO3.C2H3N/c14-12-8-11(15(16)17)6-7-13(12)18-9-10-4-2-1-3-5-10;1-2-3/h1-8H,9H2;1H3. The first-order valence-electron chi connectivity index (χ1n) is 6.00.